The van der Waals surface area contributed by atoms with E-state index < -0.39 is 0 Å². The number of carbonyl (C=O) groups excluding carboxylic acids is 1. The van der Waals surface area contributed by atoms with Gasteiger partial charge >= 0.3 is 0 Å². The van der Waals surface area contributed by atoms with Gasteiger partial charge in [0.05, 0.1) is 5.02 Å². The lowest BCUT2D eigenvalue weighted by Crippen LogP contribution is -2.12. The molecule has 0 aliphatic heterocycles. The van der Waals surface area contributed by atoms with Crippen molar-refractivity contribution in [3.05, 3.63) is 65.1 Å². The predicted octanol–water partition coefficient (Wildman–Crippen LogP) is 4.74. The number of para-hydroxylation sites is 1. The quantitative estimate of drug-likeness (QED) is 0.480. The summed E-state index contributed by atoms with van der Waals surface area (Å²) < 4.78 is 0. The van der Waals surface area contributed by atoms with Crippen LogP contribution in [-0.2, 0) is 0 Å². The zero-order valence-electron chi connectivity index (χ0n) is 14.3. The van der Waals surface area contributed by atoms with E-state index in [-0.39, 0.29) is 5.91 Å². The van der Waals surface area contributed by atoms with Crippen LogP contribution in [0.15, 0.2) is 48.5 Å². The summed E-state index contributed by atoms with van der Waals surface area (Å²) >= 11 is 6.34. The van der Waals surface area contributed by atoms with Gasteiger partial charge in [-0.05, 0) is 43.2 Å². The van der Waals surface area contributed by atoms with Gasteiger partial charge in [-0.1, -0.05) is 29.8 Å². The number of rotatable bonds is 4. The van der Waals surface area contributed by atoms with Crippen molar-refractivity contribution < 1.29 is 4.79 Å². The standard InChI is InChI=1S/C20H16ClN5O/c21-16-14-3-1-2-4-15(14)23-17(16)20(27)22-13-9-7-12(8-10-13)19-24-18(25-26-19)11-5-6-11/h1-4,7-11,23H,5-6H2,(H,22,27)(H,24,25,26). The smallest absolute Gasteiger partial charge is 0.273 e. The Bertz CT molecular complexity index is 1140. The minimum Gasteiger partial charge on any atom is -0.349 e. The van der Waals surface area contributed by atoms with Gasteiger partial charge < -0.3 is 10.3 Å². The van der Waals surface area contributed by atoms with Crippen LogP contribution in [0, 0.1) is 0 Å². The molecule has 2 aromatic heterocycles. The average molecular weight is 378 g/mol. The molecule has 2 heterocycles. The van der Waals surface area contributed by atoms with Crippen LogP contribution in [0.4, 0.5) is 5.69 Å². The van der Waals surface area contributed by atoms with Gasteiger partial charge in [-0.3, -0.25) is 9.89 Å². The first-order valence-electron chi connectivity index (χ1n) is 8.79. The summed E-state index contributed by atoms with van der Waals surface area (Å²) in [4.78, 5) is 20.2. The predicted molar refractivity (Wildman–Crippen MR) is 105 cm³/mol. The maximum Gasteiger partial charge on any atom is 0.273 e. The van der Waals surface area contributed by atoms with Crippen molar-refractivity contribution >= 4 is 34.1 Å². The van der Waals surface area contributed by atoms with Crippen LogP contribution in [0.1, 0.15) is 35.1 Å². The van der Waals surface area contributed by atoms with Crippen molar-refractivity contribution in [2.75, 3.05) is 5.32 Å². The highest BCUT2D eigenvalue weighted by Crippen LogP contribution is 2.38. The van der Waals surface area contributed by atoms with Crippen LogP contribution in [0.3, 0.4) is 0 Å². The SMILES string of the molecule is O=C(Nc1ccc(-c2n[nH]c(C3CC3)n2)cc1)c1[nH]c2ccccc2c1Cl. The van der Waals surface area contributed by atoms with Crippen molar-refractivity contribution in [3.63, 3.8) is 0 Å². The van der Waals surface area contributed by atoms with Crippen LogP contribution in [0.25, 0.3) is 22.3 Å². The van der Waals surface area contributed by atoms with E-state index in [1.54, 1.807) is 0 Å². The van der Waals surface area contributed by atoms with E-state index in [1.807, 2.05) is 48.5 Å². The molecular weight excluding hydrogens is 362 g/mol. The molecule has 6 nitrogen and oxygen atoms in total. The Balaban J connectivity index is 1.35. The Morgan fingerprint density at radius 1 is 1.11 bits per heavy atom. The number of benzene rings is 2. The lowest BCUT2D eigenvalue weighted by molar-refractivity contribution is 0.102. The number of aromatic nitrogens is 4. The molecule has 134 valence electrons. The van der Waals surface area contributed by atoms with E-state index >= 15 is 0 Å². The topological polar surface area (TPSA) is 86.5 Å². The lowest BCUT2D eigenvalue weighted by atomic mass is 10.2. The first-order chi connectivity index (χ1) is 13.2. The molecule has 7 heteroatoms. The molecule has 0 spiro atoms. The minimum atomic E-state index is -0.280. The summed E-state index contributed by atoms with van der Waals surface area (Å²) in [6, 6.07) is 15.0. The lowest BCUT2D eigenvalue weighted by Gasteiger charge is -2.05. The molecule has 1 amide bonds. The highest BCUT2D eigenvalue weighted by molar-refractivity contribution is 6.39. The molecule has 4 aromatic rings. The van der Waals surface area contributed by atoms with Crippen LogP contribution >= 0.6 is 11.6 Å². The Morgan fingerprint density at radius 3 is 2.63 bits per heavy atom. The van der Waals surface area contributed by atoms with Gasteiger partial charge in [-0.15, -0.1) is 0 Å². The zero-order valence-corrected chi connectivity index (χ0v) is 15.0. The van der Waals surface area contributed by atoms with Crippen molar-refractivity contribution in [1.29, 1.82) is 0 Å². The van der Waals surface area contributed by atoms with Crippen molar-refractivity contribution in [3.8, 4) is 11.4 Å². The normalized spacial score (nSPS) is 13.8. The Kier molecular flexibility index (Phi) is 3.72. The van der Waals surface area contributed by atoms with Gasteiger partial charge in [0.15, 0.2) is 5.82 Å². The molecule has 0 radical (unpaired) electrons. The number of fused-ring (bicyclic) bond motifs is 1. The highest BCUT2D eigenvalue weighted by Gasteiger charge is 2.27. The third kappa shape index (κ3) is 2.98. The molecule has 0 bridgehead atoms. The van der Waals surface area contributed by atoms with Crippen LogP contribution < -0.4 is 5.32 Å². The van der Waals surface area contributed by atoms with Crippen molar-refractivity contribution in [1.82, 2.24) is 20.2 Å². The average Bonchev–Trinajstić information content (AvgIpc) is 3.33. The Hall–Kier alpha value is -3.12. The number of amides is 1. The second-order valence-corrected chi connectivity index (χ2v) is 7.09. The van der Waals surface area contributed by atoms with Gasteiger partial charge in [0.25, 0.3) is 5.91 Å². The molecule has 27 heavy (non-hydrogen) atoms. The van der Waals surface area contributed by atoms with Crippen LogP contribution in [-0.4, -0.2) is 26.1 Å². The molecule has 1 fully saturated rings. The molecule has 0 saturated heterocycles. The van der Waals surface area contributed by atoms with E-state index in [2.05, 4.69) is 25.5 Å². The first-order valence-corrected chi connectivity index (χ1v) is 9.17. The van der Waals surface area contributed by atoms with E-state index in [0.717, 1.165) is 22.3 Å². The second kappa shape index (κ2) is 6.25. The van der Waals surface area contributed by atoms with Crippen LogP contribution in [0.2, 0.25) is 5.02 Å². The maximum atomic E-state index is 12.6. The van der Waals surface area contributed by atoms with E-state index in [0.29, 0.717) is 28.1 Å². The fourth-order valence-electron chi connectivity index (χ4n) is 3.10. The molecule has 0 atom stereocenters. The summed E-state index contributed by atoms with van der Waals surface area (Å²) in [6.45, 7) is 0. The third-order valence-corrected chi connectivity index (χ3v) is 5.13. The molecule has 2 aromatic carbocycles. The largest absolute Gasteiger partial charge is 0.349 e. The fraction of sp³-hybridized carbons (Fsp3) is 0.150. The number of H-pyrrole nitrogens is 2. The van der Waals surface area contributed by atoms with Gasteiger partial charge in [0.2, 0.25) is 0 Å². The molecule has 0 unspecified atom stereocenters. The molecule has 1 saturated carbocycles. The molecule has 3 N–H and O–H groups in total. The number of nitrogens with one attached hydrogen (secondary N) is 3. The summed E-state index contributed by atoms with van der Waals surface area (Å²) in [5.41, 5.74) is 2.76. The fourth-order valence-corrected chi connectivity index (χ4v) is 3.40. The number of aromatic amines is 2. The van der Waals surface area contributed by atoms with Crippen LogP contribution in [0.5, 0.6) is 0 Å². The number of hydrogen-bond donors (Lipinski definition) is 3. The van der Waals surface area contributed by atoms with Crippen molar-refractivity contribution in [2.45, 2.75) is 18.8 Å². The number of hydrogen-bond acceptors (Lipinski definition) is 3. The van der Waals surface area contributed by atoms with E-state index in [1.165, 1.54) is 12.8 Å². The maximum absolute atomic E-state index is 12.6. The van der Waals surface area contributed by atoms with E-state index in [4.69, 9.17) is 11.6 Å². The molecule has 5 rings (SSSR count). The van der Waals surface area contributed by atoms with Crippen molar-refractivity contribution in [2.24, 2.45) is 0 Å². The molecule has 1 aliphatic rings. The first kappa shape index (κ1) is 16.1. The summed E-state index contributed by atoms with van der Waals surface area (Å²) in [5, 5.41) is 11.4. The Morgan fingerprint density at radius 2 is 1.89 bits per heavy atom. The third-order valence-electron chi connectivity index (χ3n) is 4.74. The molecular formula is C20H16ClN5O. The number of halogens is 1. The minimum absolute atomic E-state index is 0.280. The summed E-state index contributed by atoms with van der Waals surface area (Å²) in [5.74, 6) is 1.88. The molecule has 1 aliphatic carbocycles. The highest BCUT2D eigenvalue weighted by atomic mass is 35.5. The number of anilines is 1. The zero-order chi connectivity index (χ0) is 18.4. The summed E-state index contributed by atoms with van der Waals surface area (Å²) in [6.07, 6.45) is 2.35. The number of nitrogens with zero attached hydrogens (tertiary/aromatic N) is 2. The number of carbonyl (C=O) groups is 1. The Labute approximate surface area is 160 Å². The second-order valence-electron chi connectivity index (χ2n) is 6.71. The van der Waals surface area contributed by atoms with Gasteiger partial charge in [0, 0.05) is 28.1 Å². The monoisotopic (exact) mass is 377 g/mol. The summed E-state index contributed by atoms with van der Waals surface area (Å²) in [7, 11) is 0. The van der Waals surface area contributed by atoms with Gasteiger partial charge in [-0.2, -0.15) is 5.10 Å². The van der Waals surface area contributed by atoms with Gasteiger partial charge in [-0.25, -0.2) is 4.98 Å². The van der Waals surface area contributed by atoms with E-state index in [9.17, 15) is 4.79 Å². The van der Waals surface area contributed by atoms with Gasteiger partial charge in [0.1, 0.15) is 11.5 Å².